The Morgan fingerprint density at radius 2 is 2.00 bits per heavy atom. The predicted octanol–water partition coefficient (Wildman–Crippen LogP) is 2.23. The van der Waals surface area contributed by atoms with Gasteiger partial charge in [0.1, 0.15) is 11.1 Å². The van der Waals surface area contributed by atoms with E-state index in [0.29, 0.717) is 19.5 Å². The molecule has 2 aromatic heterocycles. The van der Waals surface area contributed by atoms with Gasteiger partial charge in [-0.1, -0.05) is 13.8 Å². The lowest BCUT2D eigenvalue weighted by molar-refractivity contribution is -0.141. The zero-order chi connectivity index (χ0) is 22.1. The Kier molecular flexibility index (Phi) is 5.99. The molecule has 2 aromatic rings. The van der Waals surface area contributed by atoms with Gasteiger partial charge in [-0.05, 0) is 37.0 Å². The molecule has 3 rings (SSSR count). The lowest BCUT2D eigenvalue weighted by Crippen LogP contribution is -2.46. The number of carboxylic acids is 1. The highest BCUT2D eigenvalue weighted by atomic mass is 16.4. The minimum atomic E-state index is -1.04. The SMILES string of the molecule is Cc1ccc2nccc(N3CCC(O)(CN(C)C(=O)CC(C)(C)CC(=O)O)C3)c2n1. The van der Waals surface area contributed by atoms with Crippen LogP contribution in [0.25, 0.3) is 11.0 Å². The van der Waals surface area contributed by atoms with E-state index < -0.39 is 17.0 Å². The highest BCUT2D eigenvalue weighted by molar-refractivity contribution is 5.88. The number of rotatable bonds is 7. The smallest absolute Gasteiger partial charge is 0.303 e. The van der Waals surface area contributed by atoms with Crippen LogP contribution in [0.4, 0.5) is 5.69 Å². The van der Waals surface area contributed by atoms with E-state index in [0.717, 1.165) is 22.4 Å². The van der Waals surface area contributed by atoms with Crippen molar-refractivity contribution in [2.45, 2.75) is 45.6 Å². The van der Waals surface area contributed by atoms with Gasteiger partial charge >= 0.3 is 5.97 Å². The molecule has 8 heteroatoms. The summed E-state index contributed by atoms with van der Waals surface area (Å²) < 4.78 is 0. The summed E-state index contributed by atoms with van der Waals surface area (Å²) >= 11 is 0. The van der Waals surface area contributed by atoms with Crippen molar-refractivity contribution in [1.29, 1.82) is 0 Å². The van der Waals surface area contributed by atoms with Crippen LogP contribution in [-0.2, 0) is 9.59 Å². The zero-order valence-electron chi connectivity index (χ0n) is 18.1. The molecule has 1 aliphatic heterocycles. The summed E-state index contributed by atoms with van der Waals surface area (Å²) in [6.07, 6.45) is 2.31. The maximum atomic E-state index is 12.6. The molecule has 0 radical (unpaired) electrons. The first kappa shape index (κ1) is 22.0. The average molecular weight is 415 g/mol. The van der Waals surface area contributed by atoms with Crippen molar-refractivity contribution in [3.05, 3.63) is 30.1 Å². The third-order valence-corrected chi connectivity index (χ3v) is 5.59. The number of carboxylic acid groups (broad SMARTS) is 1. The molecular weight excluding hydrogens is 384 g/mol. The number of anilines is 1. The van der Waals surface area contributed by atoms with Crippen LogP contribution in [0.1, 0.15) is 38.8 Å². The number of aromatic nitrogens is 2. The average Bonchev–Trinajstić information content (AvgIpc) is 3.01. The highest BCUT2D eigenvalue weighted by Gasteiger charge is 2.39. The number of fused-ring (bicyclic) bond motifs is 1. The quantitative estimate of drug-likeness (QED) is 0.715. The monoisotopic (exact) mass is 414 g/mol. The van der Waals surface area contributed by atoms with Crippen molar-refractivity contribution in [2.75, 3.05) is 31.6 Å². The largest absolute Gasteiger partial charge is 0.481 e. The summed E-state index contributed by atoms with van der Waals surface area (Å²) in [5.74, 6) is -1.09. The summed E-state index contributed by atoms with van der Waals surface area (Å²) in [5.41, 5.74) is 1.77. The number of pyridine rings is 2. The summed E-state index contributed by atoms with van der Waals surface area (Å²) in [7, 11) is 1.66. The standard InChI is InChI=1S/C22H30N4O4/c1-15-5-6-16-20(24-15)17(7-9-23-16)26-10-8-22(30,14-26)13-25(4)18(27)11-21(2,3)12-19(28)29/h5-7,9,30H,8,10-14H2,1-4H3,(H,28,29). The van der Waals surface area contributed by atoms with Gasteiger partial charge in [0, 0.05) is 38.4 Å². The van der Waals surface area contributed by atoms with E-state index in [1.54, 1.807) is 27.1 Å². The summed E-state index contributed by atoms with van der Waals surface area (Å²) in [4.78, 5) is 36.2. The van der Waals surface area contributed by atoms with Crippen molar-refractivity contribution >= 4 is 28.6 Å². The first-order valence-corrected chi connectivity index (χ1v) is 10.1. The van der Waals surface area contributed by atoms with Crippen LogP contribution in [0.3, 0.4) is 0 Å². The van der Waals surface area contributed by atoms with Crippen LogP contribution in [0, 0.1) is 12.3 Å². The van der Waals surface area contributed by atoms with E-state index in [1.807, 2.05) is 25.1 Å². The molecule has 0 aliphatic carbocycles. The van der Waals surface area contributed by atoms with E-state index in [2.05, 4.69) is 14.9 Å². The number of aryl methyl sites for hydroxylation is 1. The van der Waals surface area contributed by atoms with Crippen LogP contribution in [0.5, 0.6) is 0 Å². The molecule has 2 N–H and O–H groups in total. The third kappa shape index (κ3) is 5.05. The van der Waals surface area contributed by atoms with E-state index in [1.165, 1.54) is 4.90 Å². The molecule has 0 saturated carbocycles. The fraction of sp³-hybridized carbons (Fsp3) is 0.545. The summed E-state index contributed by atoms with van der Waals surface area (Å²) in [6.45, 7) is 6.70. The Balaban J connectivity index is 1.69. The minimum Gasteiger partial charge on any atom is -0.481 e. The third-order valence-electron chi connectivity index (χ3n) is 5.59. The number of carbonyl (C=O) groups excluding carboxylic acids is 1. The number of nitrogens with zero attached hydrogens (tertiary/aromatic N) is 4. The van der Waals surface area contributed by atoms with Crippen LogP contribution in [-0.4, -0.2) is 69.2 Å². The normalized spacial score (nSPS) is 19.3. The van der Waals surface area contributed by atoms with E-state index >= 15 is 0 Å². The van der Waals surface area contributed by atoms with E-state index in [9.17, 15) is 14.7 Å². The van der Waals surface area contributed by atoms with Gasteiger partial charge in [0.2, 0.25) is 5.91 Å². The van der Waals surface area contributed by atoms with Gasteiger partial charge in [0.05, 0.1) is 24.2 Å². The van der Waals surface area contributed by atoms with Gasteiger partial charge in [-0.2, -0.15) is 0 Å². The number of hydrogen-bond donors (Lipinski definition) is 2. The van der Waals surface area contributed by atoms with Crippen molar-refractivity contribution in [1.82, 2.24) is 14.9 Å². The molecule has 1 saturated heterocycles. The number of β-amino-alcohol motifs (C(OH)–C–C–N with tert-alkyl or cyclic N) is 1. The molecule has 162 valence electrons. The molecule has 1 fully saturated rings. The van der Waals surface area contributed by atoms with Gasteiger partial charge in [-0.25, -0.2) is 4.98 Å². The second kappa shape index (κ2) is 8.18. The van der Waals surface area contributed by atoms with Crippen molar-refractivity contribution in [3.63, 3.8) is 0 Å². The van der Waals surface area contributed by atoms with Gasteiger partial charge in [-0.15, -0.1) is 0 Å². The molecule has 8 nitrogen and oxygen atoms in total. The summed E-state index contributed by atoms with van der Waals surface area (Å²) in [6, 6.07) is 5.77. The number of likely N-dealkylation sites (N-methyl/N-ethyl adjacent to an activating group) is 1. The first-order valence-electron chi connectivity index (χ1n) is 10.1. The van der Waals surface area contributed by atoms with Crippen LogP contribution >= 0.6 is 0 Å². The molecule has 0 spiro atoms. The lowest BCUT2D eigenvalue weighted by atomic mass is 9.85. The molecule has 1 atom stereocenters. The zero-order valence-corrected chi connectivity index (χ0v) is 18.1. The van der Waals surface area contributed by atoms with Gasteiger partial charge in [0.15, 0.2) is 0 Å². The van der Waals surface area contributed by atoms with Gasteiger partial charge < -0.3 is 20.0 Å². The first-order chi connectivity index (χ1) is 14.0. The summed E-state index contributed by atoms with van der Waals surface area (Å²) in [5, 5.41) is 20.2. The molecule has 0 aromatic carbocycles. The Morgan fingerprint density at radius 3 is 2.70 bits per heavy atom. The highest BCUT2D eigenvalue weighted by Crippen LogP contribution is 2.32. The Morgan fingerprint density at radius 1 is 1.27 bits per heavy atom. The number of amides is 1. The predicted molar refractivity (Wildman–Crippen MR) is 114 cm³/mol. The van der Waals surface area contributed by atoms with E-state index in [-0.39, 0.29) is 25.3 Å². The Hall–Kier alpha value is -2.74. The number of aliphatic hydroxyl groups is 1. The molecule has 1 unspecified atom stereocenters. The van der Waals surface area contributed by atoms with Crippen molar-refractivity contribution in [2.24, 2.45) is 5.41 Å². The molecule has 1 aliphatic rings. The van der Waals surface area contributed by atoms with Crippen molar-refractivity contribution in [3.8, 4) is 0 Å². The number of aliphatic carboxylic acids is 1. The molecule has 1 amide bonds. The van der Waals surface area contributed by atoms with Gasteiger partial charge in [-0.3, -0.25) is 14.6 Å². The second-order valence-corrected chi connectivity index (χ2v) is 9.21. The van der Waals surface area contributed by atoms with Crippen LogP contribution < -0.4 is 4.90 Å². The fourth-order valence-electron chi connectivity index (χ4n) is 4.10. The molecule has 0 bridgehead atoms. The molecule has 30 heavy (non-hydrogen) atoms. The number of hydrogen-bond acceptors (Lipinski definition) is 6. The van der Waals surface area contributed by atoms with Crippen LogP contribution in [0.2, 0.25) is 0 Å². The molecule has 3 heterocycles. The molecular formula is C22H30N4O4. The minimum absolute atomic E-state index is 0.0772. The lowest BCUT2D eigenvalue weighted by Gasteiger charge is -2.31. The van der Waals surface area contributed by atoms with Crippen LogP contribution in [0.15, 0.2) is 24.4 Å². The Labute approximate surface area is 176 Å². The topological polar surface area (TPSA) is 107 Å². The van der Waals surface area contributed by atoms with Crippen molar-refractivity contribution < 1.29 is 19.8 Å². The maximum Gasteiger partial charge on any atom is 0.303 e. The maximum absolute atomic E-state index is 12.6. The fourth-order valence-corrected chi connectivity index (χ4v) is 4.10. The van der Waals surface area contributed by atoms with Gasteiger partial charge in [0.25, 0.3) is 0 Å². The number of carbonyl (C=O) groups is 2. The second-order valence-electron chi connectivity index (χ2n) is 9.21. The van der Waals surface area contributed by atoms with E-state index in [4.69, 9.17) is 5.11 Å². The Bertz CT molecular complexity index is 961.